The lowest BCUT2D eigenvalue weighted by molar-refractivity contribution is 0.0795. The summed E-state index contributed by atoms with van der Waals surface area (Å²) in [4.78, 5) is 0. The smallest absolute Gasteiger partial charge is 0.161 e. The van der Waals surface area contributed by atoms with E-state index in [0.717, 1.165) is 5.56 Å². The highest BCUT2D eigenvalue weighted by Crippen LogP contribution is 2.28. The van der Waals surface area contributed by atoms with E-state index in [1.54, 1.807) is 27.0 Å². The molecule has 0 unspecified atom stereocenters. The molecule has 0 aliphatic rings. The summed E-state index contributed by atoms with van der Waals surface area (Å²) in [5.41, 5.74) is 0.365. The summed E-state index contributed by atoms with van der Waals surface area (Å²) in [5, 5.41) is 12.8. The summed E-state index contributed by atoms with van der Waals surface area (Å²) >= 11 is 0. The summed E-state index contributed by atoms with van der Waals surface area (Å²) in [6, 6.07) is 5.78. The molecule has 0 bridgehead atoms. The first-order valence-corrected chi connectivity index (χ1v) is 6.30. The van der Waals surface area contributed by atoms with Crippen LogP contribution in [0.1, 0.15) is 19.4 Å². The van der Waals surface area contributed by atoms with Crippen molar-refractivity contribution >= 4 is 0 Å². The quantitative estimate of drug-likeness (QED) is 0.707. The predicted octanol–water partition coefficient (Wildman–Crippen LogP) is 2.12. The van der Waals surface area contributed by atoms with Crippen LogP contribution in [0.25, 0.3) is 0 Å². The molecule has 0 fully saturated rings. The van der Waals surface area contributed by atoms with Gasteiger partial charge in [-0.05, 0) is 31.5 Å². The second-order valence-electron chi connectivity index (χ2n) is 5.00. The van der Waals surface area contributed by atoms with E-state index in [1.807, 2.05) is 18.2 Å². The van der Waals surface area contributed by atoms with E-state index in [0.29, 0.717) is 31.2 Å². The van der Waals surface area contributed by atoms with Crippen molar-refractivity contribution in [2.24, 2.45) is 0 Å². The average Bonchev–Trinajstić information content (AvgIpc) is 2.35. The van der Waals surface area contributed by atoms with Gasteiger partial charge < -0.3 is 19.9 Å². The first kappa shape index (κ1) is 15.5. The van der Waals surface area contributed by atoms with E-state index < -0.39 is 5.60 Å². The Kier molecular flexibility index (Phi) is 5.86. The highest BCUT2D eigenvalue weighted by atomic mass is 16.5. The van der Waals surface area contributed by atoms with Crippen LogP contribution in [0.5, 0.6) is 11.5 Å². The van der Waals surface area contributed by atoms with Crippen molar-refractivity contribution in [1.29, 1.82) is 0 Å². The maximum atomic E-state index is 9.62. The molecule has 0 aliphatic carbocycles. The number of aliphatic hydroxyl groups is 1. The molecular formula is C15H23NO3. The van der Waals surface area contributed by atoms with Crippen molar-refractivity contribution in [3.05, 3.63) is 36.4 Å². The van der Waals surface area contributed by atoms with Crippen LogP contribution in [0.4, 0.5) is 0 Å². The molecule has 1 aromatic carbocycles. The van der Waals surface area contributed by atoms with Crippen LogP contribution in [0.3, 0.4) is 0 Å². The predicted molar refractivity (Wildman–Crippen MR) is 76.7 cm³/mol. The second-order valence-corrected chi connectivity index (χ2v) is 5.00. The Morgan fingerprint density at radius 1 is 1.37 bits per heavy atom. The number of hydrogen-bond donors (Lipinski definition) is 2. The molecule has 0 saturated heterocycles. The fourth-order valence-corrected chi connectivity index (χ4v) is 1.60. The van der Waals surface area contributed by atoms with Crippen LogP contribution < -0.4 is 14.8 Å². The number of rotatable bonds is 8. The summed E-state index contributed by atoms with van der Waals surface area (Å²) < 4.78 is 10.8. The van der Waals surface area contributed by atoms with Crippen molar-refractivity contribution in [1.82, 2.24) is 5.32 Å². The highest BCUT2D eigenvalue weighted by Gasteiger charge is 2.11. The van der Waals surface area contributed by atoms with Gasteiger partial charge in [0, 0.05) is 13.1 Å². The van der Waals surface area contributed by atoms with Gasteiger partial charge in [0.1, 0.15) is 6.61 Å². The number of ether oxygens (including phenoxy) is 2. The normalized spacial score (nSPS) is 11.2. The number of hydrogen-bond acceptors (Lipinski definition) is 4. The first-order chi connectivity index (χ1) is 8.96. The molecule has 0 heterocycles. The van der Waals surface area contributed by atoms with Gasteiger partial charge >= 0.3 is 0 Å². The Bertz CT molecular complexity index is 410. The molecule has 19 heavy (non-hydrogen) atoms. The van der Waals surface area contributed by atoms with Gasteiger partial charge in [-0.25, -0.2) is 0 Å². The van der Waals surface area contributed by atoms with E-state index in [4.69, 9.17) is 9.47 Å². The Morgan fingerprint density at radius 3 is 2.68 bits per heavy atom. The minimum absolute atomic E-state index is 0.451. The van der Waals surface area contributed by atoms with Crippen molar-refractivity contribution in [3.63, 3.8) is 0 Å². The van der Waals surface area contributed by atoms with Gasteiger partial charge in [-0.2, -0.15) is 0 Å². The molecule has 0 amide bonds. The van der Waals surface area contributed by atoms with Crippen LogP contribution in [-0.4, -0.2) is 31.0 Å². The molecule has 0 spiro atoms. The third-order valence-electron chi connectivity index (χ3n) is 2.47. The molecule has 0 radical (unpaired) electrons. The van der Waals surface area contributed by atoms with Crippen LogP contribution >= 0.6 is 0 Å². The SMILES string of the molecule is C=CCOc1ccc(CNCC(C)(C)O)cc1OC. The molecule has 4 nitrogen and oxygen atoms in total. The lowest BCUT2D eigenvalue weighted by atomic mass is 10.1. The van der Waals surface area contributed by atoms with Gasteiger partial charge in [0.2, 0.25) is 0 Å². The molecule has 0 saturated carbocycles. The number of benzene rings is 1. The molecule has 0 aliphatic heterocycles. The third kappa shape index (κ3) is 5.77. The summed E-state index contributed by atoms with van der Waals surface area (Å²) in [6.45, 7) is 8.81. The Hall–Kier alpha value is -1.52. The minimum Gasteiger partial charge on any atom is -0.493 e. The van der Waals surface area contributed by atoms with E-state index in [2.05, 4.69) is 11.9 Å². The lowest BCUT2D eigenvalue weighted by Crippen LogP contribution is -2.34. The lowest BCUT2D eigenvalue weighted by Gasteiger charge is -2.18. The zero-order chi connectivity index (χ0) is 14.3. The zero-order valence-electron chi connectivity index (χ0n) is 11.9. The van der Waals surface area contributed by atoms with Crippen LogP contribution in [0.2, 0.25) is 0 Å². The van der Waals surface area contributed by atoms with Crippen molar-refractivity contribution in [3.8, 4) is 11.5 Å². The Morgan fingerprint density at radius 2 is 2.11 bits per heavy atom. The third-order valence-corrected chi connectivity index (χ3v) is 2.47. The van der Waals surface area contributed by atoms with Crippen molar-refractivity contribution in [2.45, 2.75) is 26.0 Å². The monoisotopic (exact) mass is 265 g/mol. The Labute approximate surface area is 115 Å². The van der Waals surface area contributed by atoms with E-state index in [-0.39, 0.29) is 0 Å². The standard InChI is InChI=1S/C15H23NO3/c1-5-8-19-13-7-6-12(9-14(13)18-4)10-16-11-15(2,3)17/h5-7,9,16-17H,1,8,10-11H2,2-4H3. The highest BCUT2D eigenvalue weighted by molar-refractivity contribution is 5.43. The molecule has 1 rings (SSSR count). The molecule has 4 heteroatoms. The summed E-state index contributed by atoms with van der Waals surface area (Å²) in [6.07, 6.45) is 1.69. The van der Waals surface area contributed by atoms with Gasteiger partial charge in [-0.15, -0.1) is 0 Å². The zero-order valence-corrected chi connectivity index (χ0v) is 11.9. The number of nitrogens with one attached hydrogen (secondary N) is 1. The molecule has 1 aromatic rings. The van der Waals surface area contributed by atoms with Crippen molar-refractivity contribution < 1.29 is 14.6 Å². The molecule has 0 aromatic heterocycles. The van der Waals surface area contributed by atoms with Crippen LogP contribution in [0, 0.1) is 0 Å². The van der Waals surface area contributed by atoms with Gasteiger partial charge in [-0.3, -0.25) is 0 Å². The second kappa shape index (κ2) is 7.16. The molecule has 106 valence electrons. The fraction of sp³-hybridized carbons (Fsp3) is 0.467. The van der Waals surface area contributed by atoms with E-state index in [1.165, 1.54) is 0 Å². The van der Waals surface area contributed by atoms with Gasteiger partial charge in [0.25, 0.3) is 0 Å². The van der Waals surface area contributed by atoms with Gasteiger partial charge in [0.15, 0.2) is 11.5 Å². The molecular weight excluding hydrogens is 242 g/mol. The summed E-state index contributed by atoms with van der Waals surface area (Å²) in [5.74, 6) is 1.40. The average molecular weight is 265 g/mol. The van der Waals surface area contributed by atoms with E-state index >= 15 is 0 Å². The molecule has 2 N–H and O–H groups in total. The van der Waals surface area contributed by atoms with Crippen molar-refractivity contribution in [2.75, 3.05) is 20.3 Å². The van der Waals surface area contributed by atoms with Crippen LogP contribution in [0.15, 0.2) is 30.9 Å². The van der Waals surface area contributed by atoms with Gasteiger partial charge in [0.05, 0.1) is 12.7 Å². The largest absolute Gasteiger partial charge is 0.493 e. The maximum absolute atomic E-state index is 9.62. The van der Waals surface area contributed by atoms with E-state index in [9.17, 15) is 5.11 Å². The maximum Gasteiger partial charge on any atom is 0.161 e. The molecule has 0 atom stereocenters. The summed E-state index contributed by atoms with van der Waals surface area (Å²) in [7, 11) is 1.62. The number of methoxy groups -OCH3 is 1. The topological polar surface area (TPSA) is 50.7 Å². The Balaban J connectivity index is 2.63. The van der Waals surface area contributed by atoms with Crippen LogP contribution in [-0.2, 0) is 6.54 Å². The minimum atomic E-state index is -0.711. The first-order valence-electron chi connectivity index (χ1n) is 6.30. The van der Waals surface area contributed by atoms with Gasteiger partial charge in [-0.1, -0.05) is 18.7 Å². The fourth-order valence-electron chi connectivity index (χ4n) is 1.60.